The maximum absolute atomic E-state index is 13.2. The van der Waals surface area contributed by atoms with E-state index in [-0.39, 0.29) is 12.2 Å². The fourth-order valence-corrected chi connectivity index (χ4v) is 5.35. The van der Waals surface area contributed by atoms with Crippen LogP contribution in [0.4, 0.5) is 0 Å². The molecular weight excluding hydrogens is 460 g/mol. The van der Waals surface area contributed by atoms with Gasteiger partial charge in [-0.2, -0.15) is 0 Å². The van der Waals surface area contributed by atoms with Crippen LogP contribution in [0.2, 0.25) is 0 Å². The number of aromatic amines is 1. The van der Waals surface area contributed by atoms with Crippen molar-refractivity contribution in [2.45, 2.75) is 20.1 Å². The molecule has 1 saturated heterocycles. The van der Waals surface area contributed by atoms with Gasteiger partial charge >= 0.3 is 0 Å². The Labute approximate surface area is 216 Å². The third kappa shape index (κ3) is 4.58. The normalized spacial score (nSPS) is 14.4. The molecule has 0 radical (unpaired) electrons. The van der Waals surface area contributed by atoms with E-state index in [1.807, 2.05) is 12.1 Å². The Morgan fingerprint density at radius 2 is 1.54 bits per heavy atom. The van der Waals surface area contributed by atoms with E-state index in [0.29, 0.717) is 5.39 Å². The van der Waals surface area contributed by atoms with Crippen molar-refractivity contribution in [1.82, 2.24) is 9.88 Å². The van der Waals surface area contributed by atoms with Crippen LogP contribution >= 0.6 is 0 Å². The quantitative estimate of drug-likeness (QED) is 0.313. The van der Waals surface area contributed by atoms with Gasteiger partial charge in [0, 0.05) is 31.4 Å². The molecule has 1 aromatic heterocycles. The number of aryl methyl sites for hydroxylation is 1. The summed E-state index contributed by atoms with van der Waals surface area (Å²) in [4.78, 5) is 18.6. The molecule has 2 N–H and O–H groups in total. The number of hydrogen-bond acceptors (Lipinski definition) is 4. The topological polar surface area (TPSA) is 65.6 Å². The molecule has 1 aliphatic rings. The SMILES string of the molecule is Cc1ccc(-c2c[nH]c(=O)c3c2cc(CO)c2ccc(-c4ccc(CN5CCOCC5)cc4)cc23)cc1. The molecule has 5 heteroatoms. The molecule has 0 aliphatic carbocycles. The maximum atomic E-state index is 13.2. The Bertz CT molecular complexity index is 1630. The standard InChI is InChI=1S/C32H30N2O3/c1-21-2-6-24(7-3-21)30-18-33-32(36)31-28-16-25(10-11-27(28)26(20-35)17-29(30)31)23-8-4-22(5-9-23)19-34-12-14-37-15-13-34/h2-11,16-18,35H,12-15,19-20H2,1H3,(H,33,36). The van der Waals surface area contributed by atoms with Crippen LogP contribution in [0.5, 0.6) is 0 Å². The van der Waals surface area contributed by atoms with Gasteiger partial charge in [0.25, 0.3) is 5.56 Å². The highest BCUT2D eigenvalue weighted by atomic mass is 16.5. The van der Waals surface area contributed by atoms with Crippen LogP contribution in [-0.4, -0.2) is 41.3 Å². The van der Waals surface area contributed by atoms with E-state index in [2.05, 4.69) is 77.5 Å². The number of morpholine rings is 1. The molecule has 1 fully saturated rings. The summed E-state index contributed by atoms with van der Waals surface area (Å²) in [7, 11) is 0. The Kier molecular flexibility index (Phi) is 6.35. The van der Waals surface area contributed by atoms with Crippen molar-refractivity contribution < 1.29 is 9.84 Å². The molecule has 0 atom stereocenters. The fraction of sp³-hybridized carbons (Fsp3) is 0.219. The molecule has 0 saturated carbocycles. The minimum absolute atomic E-state index is 0.0951. The number of ether oxygens (including phenoxy) is 1. The van der Waals surface area contributed by atoms with Crippen molar-refractivity contribution in [1.29, 1.82) is 0 Å². The van der Waals surface area contributed by atoms with Crippen molar-refractivity contribution in [3.8, 4) is 22.3 Å². The van der Waals surface area contributed by atoms with E-state index in [1.165, 1.54) is 11.1 Å². The van der Waals surface area contributed by atoms with Crippen molar-refractivity contribution in [2.24, 2.45) is 0 Å². The first kappa shape index (κ1) is 23.6. The number of H-pyrrole nitrogens is 1. The van der Waals surface area contributed by atoms with Crippen LogP contribution in [-0.2, 0) is 17.9 Å². The summed E-state index contributed by atoms with van der Waals surface area (Å²) in [6.45, 7) is 6.40. The summed E-state index contributed by atoms with van der Waals surface area (Å²) in [6.07, 6.45) is 1.78. The maximum Gasteiger partial charge on any atom is 0.256 e. The summed E-state index contributed by atoms with van der Waals surface area (Å²) >= 11 is 0. The Hall–Kier alpha value is -3.77. The Balaban J connectivity index is 1.46. The number of fused-ring (bicyclic) bond motifs is 3. The van der Waals surface area contributed by atoms with Gasteiger partial charge in [-0.15, -0.1) is 0 Å². The minimum atomic E-state index is -0.127. The first-order valence-corrected chi connectivity index (χ1v) is 12.8. The first-order chi connectivity index (χ1) is 18.1. The number of aliphatic hydroxyl groups excluding tert-OH is 1. The lowest BCUT2D eigenvalue weighted by Gasteiger charge is -2.26. The van der Waals surface area contributed by atoms with Gasteiger partial charge in [-0.25, -0.2) is 0 Å². The van der Waals surface area contributed by atoms with Crippen molar-refractivity contribution >= 4 is 21.5 Å². The van der Waals surface area contributed by atoms with Crippen LogP contribution in [0.15, 0.2) is 83.8 Å². The second-order valence-corrected chi connectivity index (χ2v) is 9.86. The number of hydrogen-bond donors (Lipinski definition) is 2. The monoisotopic (exact) mass is 490 g/mol. The molecule has 6 rings (SSSR count). The smallest absolute Gasteiger partial charge is 0.256 e. The van der Waals surface area contributed by atoms with E-state index in [9.17, 15) is 9.90 Å². The lowest BCUT2D eigenvalue weighted by molar-refractivity contribution is 0.0342. The highest BCUT2D eigenvalue weighted by Gasteiger charge is 2.15. The van der Waals surface area contributed by atoms with E-state index < -0.39 is 0 Å². The molecule has 0 unspecified atom stereocenters. The number of nitrogens with zero attached hydrogens (tertiary/aromatic N) is 1. The minimum Gasteiger partial charge on any atom is -0.392 e. The molecule has 0 spiro atoms. The van der Waals surface area contributed by atoms with Crippen molar-refractivity contribution in [2.75, 3.05) is 26.3 Å². The predicted molar refractivity (Wildman–Crippen MR) is 150 cm³/mol. The zero-order valence-electron chi connectivity index (χ0n) is 21.0. The average Bonchev–Trinajstić information content (AvgIpc) is 2.94. The Morgan fingerprint density at radius 1 is 0.838 bits per heavy atom. The van der Waals surface area contributed by atoms with Gasteiger partial charge < -0.3 is 14.8 Å². The van der Waals surface area contributed by atoms with Gasteiger partial charge in [0.15, 0.2) is 0 Å². The van der Waals surface area contributed by atoms with Gasteiger partial charge in [0.05, 0.1) is 25.2 Å². The summed E-state index contributed by atoms with van der Waals surface area (Å²) in [5.74, 6) is 0. The molecular formula is C32H30N2O3. The lowest BCUT2D eigenvalue weighted by Crippen LogP contribution is -2.35. The fourth-order valence-electron chi connectivity index (χ4n) is 5.35. The molecule has 2 heterocycles. The van der Waals surface area contributed by atoms with Gasteiger partial charge in [-0.05, 0) is 63.0 Å². The highest BCUT2D eigenvalue weighted by molar-refractivity contribution is 6.13. The number of rotatable bonds is 5. The van der Waals surface area contributed by atoms with E-state index >= 15 is 0 Å². The van der Waals surface area contributed by atoms with Crippen LogP contribution < -0.4 is 5.56 Å². The number of benzene rings is 4. The summed E-state index contributed by atoms with van der Waals surface area (Å²) in [5.41, 5.74) is 7.26. The summed E-state index contributed by atoms with van der Waals surface area (Å²) in [6, 6.07) is 25.1. The van der Waals surface area contributed by atoms with Crippen LogP contribution in [0.25, 0.3) is 43.8 Å². The van der Waals surface area contributed by atoms with Crippen molar-refractivity contribution in [3.05, 3.63) is 106 Å². The van der Waals surface area contributed by atoms with E-state index in [0.717, 1.165) is 76.8 Å². The van der Waals surface area contributed by atoms with Gasteiger partial charge in [-0.1, -0.05) is 66.2 Å². The van der Waals surface area contributed by atoms with Crippen LogP contribution in [0.1, 0.15) is 16.7 Å². The van der Waals surface area contributed by atoms with Gasteiger partial charge in [0.2, 0.25) is 0 Å². The zero-order valence-corrected chi connectivity index (χ0v) is 21.0. The van der Waals surface area contributed by atoms with E-state index in [4.69, 9.17) is 4.74 Å². The van der Waals surface area contributed by atoms with Crippen LogP contribution in [0.3, 0.4) is 0 Å². The largest absolute Gasteiger partial charge is 0.392 e. The second kappa shape index (κ2) is 9.94. The highest BCUT2D eigenvalue weighted by Crippen LogP contribution is 2.35. The third-order valence-corrected chi connectivity index (χ3v) is 7.42. The third-order valence-electron chi connectivity index (χ3n) is 7.42. The molecule has 5 aromatic rings. The number of pyridine rings is 1. The van der Waals surface area contributed by atoms with Gasteiger partial charge in [0.1, 0.15) is 0 Å². The zero-order chi connectivity index (χ0) is 25.4. The average molecular weight is 491 g/mol. The van der Waals surface area contributed by atoms with Gasteiger partial charge in [-0.3, -0.25) is 9.69 Å². The molecule has 0 bridgehead atoms. The number of nitrogens with one attached hydrogen (secondary N) is 1. The Morgan fingerprint density at radius 3 is 2.27 bits per heavy atom. The lowest BCUT2D eigenvalue weighted by atomic mass is 9.91. The molecule has 186 valence electrons. The van der Waals surface area contributed by atoms with Crippen molar-refractivity contribution in [3.63, 3.8) is 0 Å². The molecule has 37 heavy (non-hydrogen) atoms. The number of aliphatic hydroxyl groups is 1. The number of aromatic nitrogens is 1. The van der Waals surface area contributed by atoms with Crippen LogP contribution in [0, 0.1) is 6.92 Å². The molecule has 4 aromatic carbocycles. The summed E-state index contributed by atoms with van der Waals surface area (Å²) in [5, 5.41) is 13.5. The summed E-state index contributed by atoms with van der Waals surface area (Å²) < 4.78 is 5.46. The molecule has 5 nitrogen and oxygen atoms in total. The molecule has 0 amide bonds. The molecule has 1 aliphatic heterocycles. The first-order valence-electron chi connectivity index (χ1n) is 12.8. The predicted octanol–water partition coefficient (Wildman–Crippen LogP) is 5.65. The second-order valence-electron chi connectivity index (χ2n) is 9.86. The van der Waals surface area contributed by atoms with E-state index in [1.54, 1.807) is 6.20 Å².